The summed E-state index contributed by atoms with van der Waals surface area (Å²) in [4.78, 5) is 11.6. The number of Topliss-reactive ketones (excluding diaryl/α,β-unsaturated/α-hetero) is 1. The van der Waals surface area contributed by atoms with Crippen LogP contribution in [0.25, 0.3) is 11.1 Å². The Kier molecular flexibility index (Phi) is 5.29. The molecule has 0 saturated heterocycles. The Morgan fingerprint density at radius 3 is 2.48 bits per heavy atom. The average Bonchev–Trinajstić information content (AvgIpc) is 3.09. The molecule has 0 spiro atoms. The van der Waals surface area contributed by atoms with E-state index in [0.717, 1.165) is 60.1 Å². The summed E-state index contributed by atoms with van der Waals surface area (Å²) in [6, 6.07) is 11.3. The number of hydrogen-bond acceptors (Lipinski definition) is 2. The summed E-state index contributed by atoms with van der Waals surface area (Å²) in [7, 11) is 0. The van der Waals surface area contributed by atoms with E-state index in [2.05, 4.69) is 0 Å². The third kappa shape index (κ3) is 3.92. The molecule has 0 aromatic heterocycles. The maximum Gasteiger partial charge on any atom is 0.134 e. The normalized spacial score (nSPS) is 17.7. The van der Waals surface area contributed by atoms with E-state index in [1.54, 1.807) is 19.1 Å². The van der Waals surface area contributed by atoms with Gasteiger partial charge in [-0.3, -0.25) is 4.79 Å². The number of rotatable bonds is 6. The molecular weight excluding hydrogens is 339 g/mol. The highest BCUT2D eigenvalue weighted by atomic mass is 19.1. The minimum Gasteiger partial charge on any atom is -0.490 e. The Morgan fingerprint density at radius 2 is 1.81 bits per heavy atom. The SMILES string of the molecule is CC(=O)Cc1ccc(OC2CCCC2)c(-c2cccc(F)c2C2CCC2)c1. The lowest BCUT2D eigenvalue weighted by molar-refractivity contribution is -0.116. The van der Waals surface area contributed by atoms with Crippen LogP contribution in [-0.2, 0) is 11.2 Å². The predicted molar refractivity (Wildman–Crippen MR) is 106 cm³/mol. The zero-order valence-corrected chi connectivity index (χ0v) is 16.0. The van der Waals surface area contributed by atoms with Crippen LogP contribution >= 0.6 is 0 Å². The molecular formula is C24H27FO2. The first-order chi connectivity index (χ1) is 13.1. The molecule has 3 heteroatoms. The van der Waals surface area contributed by atoms with Crippen LogP contribution in [0.15, 0.2) is 36.4 Å². The molecule has 27 heavy (non-hydrogen) atoms. The van der Waals surface area contributed by atoms with E-state index in [-0.39, 0.29) is 23.6 Å². The van der Waals surface area contributed by atoms with Gasteiger partial charge in [-0.25, -0.2) is 4.39 Å². The summed E-state index contributed by atoms with van der Waals surface area (Å²) in [5.74, 6) is 1.11. The monoisotopic (exact) mass is 366 g/mol. The van der Waals surface area contributed by atoms with Gasteiger partial charge in [0.25, 0.3) is 0 Å². The van der Waals surface area contributed by atoms with Crippen molar-refractivity contribution in [3.05, 3.63) is 53.3 Å². The van der Waals surface area contributed by atoms with Gasteiger partial charge in [-0.2, -0.15) is 0 Å². The van der Waals surface area contributed by atoms with Gasteiger partial charge in [0.15, 0.2) is 0 Å². The highest BCUT2D eigenvalue weighted by molar-refractivity contribution is 5.80. The number of ketones is 1. The van der Waals surface area contributed by atoms with E-state index in [1.807, 2.05) is 24.3 Å². The molecule has 142 valence electrons. The second-order valence-electron chi connectivity index (χ2n) is 8.06. The largest absolute Gasteiger partial charge is 0.490 e. The first kappa shape index (κ1) is 18.2. The van der Waals surface area contributed by atoms with Crippen molar-refractivity contribution in [2.24, 2.45) is 0 Å². The maximum absolute atomic E-state index is 14.8. The van der Waals surface area contributed by atoms with Crippen molar-refractivity contribution in [1.82, 2.24) is 0 Å². The molecule has 0 amide bonds. The van der Waals surface area contributed by atoms with Gasteiger partial charge in [0.1, 0.15) is 17.3 Å². The van der Waals surface area contributed by atoms with Crippen molar-refractivity contribution in [1.29, 1.82) is 0 Å². The van der Waals surface area contributed by atoms with E-state index in [9.17, 15) is 9.18 Å². The molecule has 2 aromatic rings. The zero-order chi connectivity index (χ0) is 18.8. The van der Waals surface area contributed by atoms with Crippen molar-refractivity contribution < 1.29 is 13.9 Å². The Balaban J connectivity index is 1.79. The molecule has 0 heterocycles. The molecule has 0 unspecified atom stereocenters. The number of halogens is 1. The summed E-state index contributed by atoms with van der Waals surface area (Å²) in [6.07, 6.45) is 8.44. The van der Waals surface area contributed by atoms with Crippen LogP contribution < -0.4 is 4.74 Å². The highest BCUT2D eigenvalue weighted by Gasteiger charge is 2.27. The van der Waals surface area contributed by atoms with Crippen molar-refractivity contribution in [3.63, 3.8) is 0 Å². The average molecular weight is 366 g/mol. The second-order valence-corrected chi connectivity index (χ2v) is 8.06. The molecule has 2 nitrogen and oxygen atoms in total. The standard InChI is InChI=1S/C24H27FO2/c1-16(26)14-17-12-13-23(27-19-8-2-3-9-19)21(15-17)20-10-5-11-22(25)24(20)18-6-4-7-18/h5,10-13,15,18-19H,2-4,6-9,14H2,1H3. The van der Waals surface area contributed by atoms with Crippen molar-refractivity contribution >= 4 is 5.78 Å². The third-order valence-electron chi connectivity index (χ3n) is 5.95. The molecule has 4 rings (SSSR count). The summed E-state index contributed by atoms with van der Waals surface area (Å²) in [5, 5.41) is 0. The van der Waals surface area contributed by atoms with Crippen LogP contribution in [0.5, 0.6) is 5.75 Å². The molecule has 0 radical (unpaired) electrons. The van der Waals surface area contributed by atoms with Crippen LogP contribution in [0.4, 0.5) is 4.39 Å². The van der Waals surface area contributed by atoms with Crippen LogP contribution in [0.2, 0.25) is 0 Å². The number of hydrogen-bond donors (Lipinski definition) is 0. The van der Waals surface area contributed by atoms with Gasteiger partial charge >= 0.3 is 0 Å². The Bertz CT molecular complexity index is 832. The van der Waals surface area contributed by atoms with Gasteiger partial charge in [-0.1, -0.05) is 24.6 Å². The molecule has 2 saturated carbocycles. The molecule has 2 fully saturated rings. The molecule has 0 atom stereocenters. The van der Waals surface area contributed by atoms with Crippen molar-refractivity contribution in [2.45, 2.75) is 70.3 Å². The molecule has 2 aliphatic carbocycles. The summed E-state index contributed by atoms with van der Waals surface area (Å²) >= 11 is 0. The highest BCUT2D eigenvalue weighted by Crippen LogP contribution is 2.45. The third-order valence-corrected chi connectivity index (χ3v) is 5.95. The predicted octanol–water partition coefficient (Wildman–Crippen LogP) is 6.21. The number of carbonyl (C=O) groups is 1. The minimum atomic E-state index is -0.124. The van der Waals surface area contributed by atoms with Crippen LogP contribution in [0.3, 0.4) is 0 Å². The van der Waals surface area contributed by atoms with E-state index < -0.39 is 0 Å². The smallest absolute Gasteiger partial charge is 0.134 e. The number of carbonyl (C=O) groups excluding carboxylic acids is 1. The Labute approximate surface area is 160 Å². The topological polar surface area (TPSA) is 26.3 Å². The van der Waals surface area contributed by atoms with Crippen LogP contribution in [-0.4, -0.2) is 11.9 Å². The van der Waals surface area contributed by atoms with Crippen molar-refractivity contribution in [2.75, 3.05) is 0 Å². The fraction of sp³-hybridized carbons (Fsp3) is 0.458. The van der Waals surface area contributed by atoms with E-state index in [1.165, 1.54) is 12.8 Å². The van der Waals surface area contributed by atoms with E-state index >= 15 is 0 Å². The summed E-state index contributed by atoms with van der Waals surface area (Å²) in [6.45, 7) is 1.60. The van der Waals surface area contributed by atoms with Gasteiger partial charge < -0.3 is 4.74 Å². The summed E-state index contributed by atoms with van der Waals surface area (Å²) in [5.41, 5.74) is 3.64. The lowest BCUT2D eigenvalue weighted by atomic mass is 9.76. The minimum absolute atomic E-state index is 0.124. The Morgan fingerprint density at radius 1 is 1.04 bits per heavy atom. The number of ether oxygens (including phenoxy) is 1. The Hall–Kier alpha value is -2.16. The van der Waals surface area contributed by atoms with Gasteiger partial charge in [0.2, 0.25) is 0 Å². The van der Waals surface area contributed by atoms with Crippen molar-refractivity contribution in [3.8, 4) is 16.9 Å². The zero-order valence-electron chi connectivity index (χ0n) is 16.0. The number of benzene rings is 2. The first-order valence-corrected chi connectivity index (χ1v) is 10.2. The molecule has 2 aromatic carbocycles. The van der Waals surface area contributed by atoms with Crippen LogP contribution in [0, 0.1) is 5.82 Å². The maximum atomic E-state index is 14.8. The molecule has 0 aliphatic heterocycles. The van der Waals surface area contributed by atoms with Crippen LogP contribution in [0.1, 0.15) is 68.9 Å². The fourth-order valence-corrected chi connectivity index (χ4v) is 4.36. The van der Waals surface area contributed by atoms with E-state index in [4.69, 9.17) is 4.74 Å². The van der Waals surface area contributed by atoms with E-state index in [0.29, 0.717) is 6.42 Å². The summed E-state index contributed by atoms with van der Waals surface area (Å²) < 4.78 is 21.1. The lowest BCUT2D eigenvalue weighted by Crippen LogP contribution is -2.14. The lowest BCUT2D eigenvalue weighted by Gasteiger charge is -2.29. The molecule has 2 aliphatic rings. The molecule has 0 N–H and O–H groups in total. The van der Waals surface area contributed by atoms with Gasteiger partial charge in [-0.15, -0.1) is 0 Å². The van der Waals surface area contributed by atoms with Gasteiger partial charge in [0, 0.05) is 12.0 Å². The first-order valence-electron chi connectivity index (χ1n) is 10.2. The quantitative estimate of drug-likeness (QED) is 0.607. The van der Waals surface area contributed by atoms with Gasteiger partial charge in [0.05, 0.1) is 6.10 Å². The second kappa shape index (κ2) is 7.84. The fourth-order valence-electron chi connectivity index (χ4n) is 4.36. The van der Waals surface area contributed by atoms with Gasteiger partial charge in [-0.05, 0) is 86.3 Å². The molecule has 0 bridgehead atoms.